The zero-order valence-electron chi connectivity index (χ0n) is 13.1. The van der Waals surface area contributed by atoms with E-state index >= 15 is 0 Å². The van der Waals surface area contributed by atoms with Crippen LogP contribution in [0.25, 0.3) is 0 Å². The maximum absolute atomic E-state index is 13.8. The summed E-state index contributed by atoms with van der Waals surface area (Å²) in [7, 11) is 0. The van der Waals surface area contributed by atoms with Gasteiger partial charge in [-0.2, -0.15) is 0 Å². The molecule has 0 atom stereocenters. The van der Waals surface area contributed by atoms with Crippen molar-refractivity contribution in [3.63, 3.8) is 0 Å². The Labute approximate surface area is 126 Å². The molecule has 0 radical (unpaired) electrons. The van der Waals surface area contributed by atoms with E-state index in [0.29, 0.717) is 6.54 Å². The van der Waals surface area contributed by atoms with Crippen molar-refractivity contribution in [1.29, 1.82) is 0 Å². The lowest BCUT2D eigenvalue weighted by Crippen LogP contribution is -2.24. The second kappa shape index (κ2) is 7.36. The number of halogens is 1. The summed E-state index contributed by atoms with van der Waals surface area (Å²) in [5.41, 5.74) is 2.92. The summed E-state index contributed by atoms with van der Waals surface area (Å²) < 4.78 is 13.8. The van der Waals surface area contributed by atoms with Gasteiger partial charge in [0.25, 0.3) is 0 Å². The molecule has 4 heteroatoms. The van der Waals surface area contributed by atoms with Crippen LogP contribution in [0.1, 0.15) is 43.0 Å². The molecule has 0 saturated heterocycles. The summed E-state index contributed by atoms with van der Waals surface area (Å²) in [6.07, 6.45) is 1.94. The number of hydrogen-bond donors (Lipinski definition) is 1. The molecule has 1 N–H and O–H groups in total. The van der Waals surface area contributed by atoms with Crippen molar-refractivity contribution in [2.75, 3.05) is 6.54 Å². The second-order valence-electron chi connectivity index (χ2n) is 5.41. The van der Waals surface area contributed by atoms with E-state index in [-0.39, 0.29) is 5.82 Å². The summed E-state index contributed by atoms with van der Waals surface area (Å²) in [4.78, 5) is 10.2. The molecule has 2 rings (SSSR count). The van der Waals surface area contributed by atoms with Crippen LogP contribution in [0, 0.1) is 12.7 Å². The average Bonchev–Trinajstić information content (AvgIpc) is 2.82. The molecule has 2 aromatic rings. The molecule has 0 spiro atoms. The minimum atomic E-state index is -0.133. The van der Waals surface area contributed by atoms with Crippen LogP contribution in [0.15, 0.2) is 24.3 Å². The first-order chi connectivity index (χ1) is 10.1. The van der Waals surface area contributed by atoms with E-state index in [1.165, 1.54) is 6.07 Å². The second-order valence-corrected chi connectivity index (χ2v) is 5.41. The number of hydrogen-bond acceptors (Lipinski definition) is 2. The Hall–Kier alpha value is -1.68. The van der Waals surface area contributed by atoms with Crippen molar-refractivity contribution >= 4 is 0 Å². The van der Waals surface area contributed by atoms with Crippen molar-refractivity contribution in [3.8, 4) is 0 Å². The van der Waals surface area contributed by atoms with Gasteiger partial charge in [-0.25, -0.2) is 9.37 Å². The number of aromatic amines is 1. The van der Waals surface area contributed by atoms with Crippen molar-refractivity contribution in [2.24, 2.45) is 0 Å². The predicted octanol–water partition coefficient (Wildman–Crippen LogP) is 3.83. The van der Waals surface area contributed by atoms with Crippen LogP contribution >= 0.6 is 0 Å². The molecule has 0 aliphatic rings. The van der Waals surface area contributed by atoms with E-state index in [4.69, 9.17) is 0 Å². The number of aryl methyl sites for hydroxylation is 2. The van der Waals surface area contributed by atoms with Crippen LogP contribution in [0.2, 0.25) is 0 Å². The van der Waals surface area contributed by atoms with Crippen molar-refractivity contribution in [2.45, 2.75) is 46.7 Å². The fourth-order valence-electron chi connectivity index (χ4n) is 2.49. The highest BCUT2D eigenvalue weighted by Gasteiger charge is 2.13. The largest absolute Gasteiger partial charge is 0.346 e. The Bertz CT molecular complexity index is 577. The lowest BCUT2D eigenvalue weighted by molar-refractivity contribution is 0.250. The first-order valence-corrected chi connectivity index (χ1v) is 7.64. The first kappa shape index (κ1) is 15.7. The van der Waals surface area contributed by atoms with Crippen LogP contribution in [-0.4, -0.2) is 21.4 Å². The van der Waals surface area contributed by atoms with Crippen LogP contribution in [0.3, 0.4) is 0 Å². The quantitative estimate of drug-likeness (QED) is 0.840. The molecular weight excluding hydrogens is 265 g/mol. The minimum Gasteiger partial charge on any atom is -0.346 e. The Kier molecular flexibility index (Phi) is 5.51. The molecule has 1 aromatic carbocycles. The highest BCUT2D eigenvalue weighted by molar-refractivity contribution is 5.18. The van der Waals surface area contributed by atoms with Gasteiger partial charge in [0.2, 0.25) is 0 Å². The smallest absolute Gasteiger partial charge is 0.127 e. The number of aromatic nitrogens is 2. The molecule has 3 nitrogen and oxygen atoms in total. The summed E-state index contributed by atoms with van der Waals surface area (Å²) >= 11 is 0. The van der Waals surface area contributed by atoms with Gasteiger partial charge in [-0.3, -0.25) is 4.90 Å². The maximum atomic E-state index is 13.8. The standard InChI is InChI=1S/C17H24FN3/c1-4-10-21(11-14-8-6-7-9-15(14)18)12-16-13(3)19-17(5-2)20-16/h6-9H,4-5,10-12H2,1-3H3,(H,19,20). The van der Waals surface area contributed by atoms with Gasteiger partial charge in [0.1, 0.15) is 11.6 Å². The molecule has 21 heavy (non-hydrogen) atoms. The predicted molar refractivity (Wildman–Crippen MR) is 83.5 cm³/mol. The summed E-state index contributed by atoms with van der Waals surface area (Å²) in [6, 6.07) is 6.99. The number of rotatable bonds is 7. The van der Waals surface area contributed by atoms with E-state index in [9.17, 15) is 4.39 Å². The number of nitrogens with zero attached hydrogens (tertiary/aromatic N) is 2. The topological polar surface area (TPSA) is 31.9 Å². The molecule has 0 amide bonds. The Balaban J connectivity index is 2.11. The molecule has 0 fully saturated rings. The van der Waals surface area contributed by atoms with Gasteiger partial charge in [0.15, 0.2) is 0 Å². The average molecular weight is 289 g/mol. The normalized spacial score (nSPS) is 11.3. The van der Waals surface area contributed by atoms with Crippen LogP contribution in [-0.2, 0) is 19.5 Å². The molecular formula is C17H24FN3. The number of nitrogens with one attached hydrogen (secondary N) is 1. The molecule has 0 unspecified atom stereocenters. The molecule has 0 saturated carbocycles. The highest BCUT2D eigenvalue weighted by Crippen LogP contribution is 2.14. The SMILES string of the molecule is CCCN(Cc1ccccc1F)Cc1nc(CC)[nH]c1C. The third-order valence-electron chi connectivity index (χ3n) is 3.63. The third-order valence-corrected chi connectivity index (χ3v) is 3.63. The van der Waals surface area contributed by atoms with Gasteiger partial charge in [0, 0.05) is 30.8 Å². The van der Waals surface area contributed by atoms with Gasteiger partial charge in [0.05, 0.1) is 5.69 Å². The zero-order valence-corrected chi connectivity index (χ0v) is 13.1. The first-order valence-electron chi connectivity index (χ1n) is 7.64. The Morgan fingerprint density at radius 1 is 1.19 bits per heavy atom. The lowest BCUT2D eigenvalue weighted by Gasteiger charge is -2.21. The van der Waals surface area contributed by atoms with Crippen LogP contribution < -0.4 is 0 Å². The minimum absolute atomic E-state index is 0.133. The van der Waals surface area contributed by atoms with Crippen LogP contribution in [0.5, 0.6) is 0 Å². The number of H-pyrrole nitrogens is 1. The van der Waals surface area contributed by atoms with E-state index in [1.807, 2.05) is 12.1 Å². The lowest BCUT2D eigenvalue weighted by atomic mass is 10.2. The highest BCUT2D eigenvalue weighted by atomic mass is 19.1. The molecule has 1 aromatic heterocycles. The van der Waals surface area contributed by atoms with Crippen LogP contribution in [0.4, 0.5) is 4.39 Å². The van der Waals surface area contributed by atoms with Gasteiger partial charge >= 0.3 is 0 Å². The van der Waals surface area contributed by atoms with Gasteiger partial charge in [-0.15, -0.1) is 0 Å². The molecule has 1 heterocycles. The fourth-order valence-corrected chi connectivity index (χ4v) is 2.49. The van der Waals surface area contributed by atoms with Crippen molar-refractivity contribution in [3.05, 3.63) is 52.9 Å². The Morgan fingerprint density at radius 3 is 2.57 bits per heavy atom. The number of imidazole rings is 1. The van der Waals surface area contributed by atoms with Crippen molar-refractivity contribution < 1.29 is 4.39 Å². The fraction of sp³-hybridized carbons (Fsp3) is 0.471. The van der Waals surface area contributed by atoms with Gasteiger partial charge in [-0.1, -0.05) is 32.0 Å². The molecule has 0 aliphatic carbocycles. The van der Waals surface area contributed by atoms with Gasteiger partial charge in [-0.05, 0) is 26.0 Å². The van der Waals surface area contributed by atoms with E-state index in [2.05, 4.69) is 35.6 Å². The van der Waals surface area contributed by atoms with Crippen molar-refractivity contribution in [1.82, 2.24) is 14.9 Å². The summed E-state index contributed by atoms with van der Waals surface area (Å²) in [5.74, 6) is 0.886. The molecule has 0 aliphatic heterocycles. The van der Waals surface area contributed by atoms with E-state index < -0.39 is 0 Å². The third kappa shape index (κ3) is 4.14. The number of benzene rings is 1. The van der Waals surface area contributed by atoms with E-state index in [0.717, 1.165) is 48.7 Å². The monoisotopic (exact) mass is 289 g/mol. The summed E-state index contributed by atoms with van der Waals surface area (Å²) in [6.45, 7) is 8.59. The van der Waals surface area contributed by atoms with E-state index in [1.54, 1.807) is 6.07 Å². The molecule has 0 bridgehead atoms. The Morgan fingerprint density at radius 2 is 1.95 bits per heavy atom. The molecule has 114 valence electrons. The zero-order chi connectivity index (χ0) is 15.2. The van der Waals surface area contributed by atoms with Gasteiger partial charge < -0.3 is 4.98 Å². The summed E-state index contributed by atoms with van der Waals surface area (Å²) in [5, 5.41) is 0. The maximum Gasteiger partial charge on any atom is 0.127 e.